The van der Waals surface area contributed by atoms with Crippen LogP contribution < -0.4 is 5.32 Å². The number of hydrogen-bond acceptors (Lipinski definition) is 2. The van der Waals surface area contributed by atoms with Crippen molar-refractivity contribution < 1.29 is 0 Å². The van der Waals surface area contributed by atoms with Gasteiger partial charge >= 0.3 is 0 Å². The summed E-state index contributed by atoms with van der Waals surface area (Å²) in [7, 11) is 0. The lowest BCUT2D eigenvalue weighted by Crippen LogP contribution is -1.91. The molecule has 19 heavy (non-hydrogen) atoms. The van der Waals surface area contributed by atoms with Crippen molar-refractivity contribution in [2.75, 3.05) is 5.32 Å². The zero-order chi connectivity index (χ0) is 12.9. The molecule has 3 aromatic rings. The summed E-state index contributed by atoms with van der Waals surface area (Å²) in [6, 6.07) is 22.5. The van der Waals surface area contributed by atoms with E-state index in [-0.39, 0.29) is 0 Å². The van der Waals surface area contributed by atoms with Crippen molar-refractivity contribution >= 4 is 11.4 Å². The fourth-order valence-corrected chi connectivity index (χ4v) is 1.98. The van der Waals surface area contributed by atoms with E-state index in [1.54, 1.807) is 0 Å². The summed E-state index contributed by atoms with van der Waals surface area (Å²) >= 11 is 0. The molecule has 2 aromatic carbocycles. The number of hydrogen-bond donors (Lipinski definition) is 1. The first kappa shape index (κ1) is 11.5. The summed E-state index contributed by atoms with van der Waals surface area (Å²) in [5.74, 6) is 0. The molecule has 1 N–H and O–H groups in total. The Kier molecular flexibility index (Phi) is 3.24. The minimum atomic E-state index is 0.993. The zero-order valence-electron chi connectivity index (χ0n) is 10.5. The number of pyridine rings is 1. The van der Waals surface area contributed by atoms with Crippen LogP contribution >= 0.6 is 0 Å². The van der Waals surface area contributed by atoms with Crippen LogP contribution in [-0.4, -0.2) is 4.98 Å². The molecular weight excluding hydrogens is 232 g/mol. The van der Waals surface area contributed by atoms with Crippen molar-refractivity contribution in [2.24, 2.45) is 0 Å². The number of nitrogens with zero attached hydrogens (tertiary/aromatic N) is 1. The lowest BCUT2D eigenvalue weighted by atomic mass is 10.1. The first-order valence-electron chi connectivity index (χ1n) is 6.24. The fraction of sp³-hybridized carbons (Fsp3) is 0. The van der Waals surface area contributed by atoms with Gasteiger partial charge in [0, 0.05) is 17.4 Å². The van der Waals surface area contributed by atoms with Crippen LogP contribution in [0.3, 0.4) is 0 Å². The van der Waals surface area contributed by atoms with Crippen molar-refractivity contribution in [3.63, 3.8) is 0 Å². The van der Waals surface area contributed by atoms with E-state index < -0.39 is 0 Å². The molecule has 0 saturated heterocycles. The molecule has 0 unspecified atom stereocenters. The molecule has 0 amide bonds. The molecule has 1 aromatic heterocycles. The second-order valence-corrected chi connectivity index (χ2v) is 4.32. The van der Waals surface area contributed by atoms with Crippen LogP contribution in [0, 0.1) is 0 Å². The highest BCUT2D eigenvalue weighted by molar-refractivity contribution is 5.69. The molecule has 0 aliphatic rings. The topological polar surface area (TPSA) is 24.9 Å². The Morgan fingerprint density at radius 3 is 2.05 bits per heavy atom. The molecular formula is C17H14N2. The Morgan fingerprint density at radius 2 is 1.32 bits per heavy atom. The molecule has 0 radical (unpaired) electrons. The van der Waals surface area contributed by atoms with Gasteiger partial charge in [-0.05, 0) is 23.8 Å². The average molecular weight is 246 g/mol. The van der Waals surface area contributed by atoms with Gasteiger partial charge in [0.05, 0.1) is 11.9 Å². The standard InChI is InChI=1S/C17H14N2/c1-3-7-14(8-4-1)15-11-17(13-18-12-15)19-16-9-5-2-6-10-16/h1-13,19H. The minimum Gasteiger partial charge on any atom is -0.354 e. The predicted molar refractivity (Wildman–Crippen MR) is 79.4 cm³/mol. The number of nitrogens with one attached hydrogen (secondary N) is 1. The van der Waals surface area contributed by atoms with E-state index in [4.69, 9.17) is 0 Å². The maximum Gasteiger partial charge on any atom is 0.0576 e. The third kappa shape index (κ3) is 2.80. The van der Waals surface area contributed by atoms with Gasteiger partial charge in [0.25, 0.3) is 0 Å². The number of para-hydroxylation sites is 1. The van der Waals surface area contributed by atoms with Gasteiger partial charge in [-0.2, -0.15) is 0 Å². The number of aromatic nitrogens is 1. The van der Waals surface area contributed by atoms with E-state index in [1.807, 2.05) is 60.9 Å². The summed E-state index contributed by atoms with van der Waals surface area (Å²) in [6.45, 7) is 0. The van der Waals surface area contributed by atoms with E-state index in [2.05, 4.69) is 28.5 Å². The first-order valence-corrected chi connectivity index (χ1v) is 6.24. The quantitative estimate of drug-likeness (QED) is 0.736. The third-order valence-electron chi connectivity index (χ3n) is 2.91. The van der Waals surface area contributed by atoms with Crippen LogP contribution in [-0.2, 0) is 0 Å². The summed E-state index contributed by atoms with van der Waals surface area (Å²) < 4.78 is 0. The Hall–Kier alpha value is -2.61. The van der Waals surface area contributed by atoms with Crippen molar-refractivity contribution in [3.8, 4) is 11.1 Å². The molecule has 2 nitrogen and oxygen atoms in total. The Morgan fingerprint density at radius 1 is 0.632 bits per heavy atom. The highest BCUT2D eigenvalue weighted by Gasteiger charge is 1.99. The third-order valence-corrected chi connectivity index (χ3v) is 2.91. The van der Waals surface area contributed by atoms with Crippen LogP contribution in [0.5, 0.6) is 0 Å². The highest BCUT2D eigenvalue weighted by Crippen LogP contribution is 2.23. The SMILES string of the molecule is c1ccc(Nc2cncc(-c3ccccc3)c2)cc1. The summed E-state index contributed by atoms with van der Waals surface area (Å²) in [5, 5.41) is 3.35. The maximum atomic E-state index is 4.29. The average Bonchev–Trinajstić information content (AvgIpc) is 2.49. The highest BCUT2D eigenvalue weighted by atomic mass is 14.9. The van der Waals surface area contributed by atoms with Gasteiger partial charge < -0.3 is 5.32 Å². The van der Waals surface area contributed by atoms with Crippen molar-refractivity contribution in [1.29, 1.82) is 0 Å². The van der Waals surface area contributed by atoms with E-state index in [9.17, 15) is 0 Å². The molecule has 0 aliphatic carbocycles. The lowest BCUT2D eigenvalue weighted by Gasteiger charge is -2.07. The number of rotatable bonds is 3. The minimum absolute atomic E-state index is 0.993. The molecule has 92 valence electrons. The van der Waals surface area contributed by atoms with Crippen LogP contribution in [0.25, 0.3) is 11.1 Å². The van der Waals surface area contributed by atoms with Crippen LogP contribution in [0.2, 0.25) is 0 Å². The monoisotopic (exact) mass is 246 g/mol. The molecule has 0 fully saturated rings. The second kappa shape index (κ2) is 5.36. The van der Waals surface area contributed by atoms with Gasteiger partial charge in [-0.15, -0.1) is 0 Å². The molecule has 1 heterocycles. The van der Waals surface area contributed by atoms with Gasteiger partial charge in [-0.3, -0.25) is 4.98 Å². The van der Waals surface area contributed by atoms with Gasteiger partial charge in [0.15, 0.2) is 0 Å². The Labute approximate surface area is 112 Å². The molecule has 0 aliphatic heterocycles. The van der Waals surface area contributed by atoms with Crippen molar-refractivity contribution in [2.45, 2.75) is 0 Å². The van der Waals surface area contributed by atoms with Crippen molar-refractivity contribution in [3.05, 3.63) is 79.1 Å². The largest absolute Gasteiger partial charge is 0.354 e. The number of benzene rings is 2. The van der Waals surface area contributed by atoms with Crippen molar-refractivity contribution in [1.82, 2.24) is 4.98 Å². The Bertz CT molecular complexity index is 648. The van der Waals surface area contributed by atoms with Gasteiger partial charge in [-0.25, -0.2) is 0 Å². The molecule has 2 heteroatoms. The van der Waals surface area contributed by atoms with Crippen LogP contribution in [0.4, 0.5) is 11.4 Å². The smallest absolute Gasteiger partial charge is 0.0576 e. The molecule has 0 saturated carbocycles. The molecule has 0 spiro atoms. The summed E-state index contributed by atoms with van der Waals surface area (Å²) in [5.41, 5.74) is 4.34. The normalized spacial score (nSPS) is 10.1. The van der Waals surface area contributed by atoms with E-state index in [0.717, 1.165) is 16.9 Å². The van der Waals surface area contributed by atoms with Crippen LogP contribution in [0.15, 0.2) is 79.1 Å². The van der Waals surface area contributed by atoms with E-state index in [0.29, 0.717) is 0 Å². The predicted octanol–water partition coefficient (Wildman–Crippen LogP) is 4.49. The Balaban J connectivity index is 1.89. The molecule has 3 rings (SSSR count). The second-order valence-electron chi connectivity index (χ2n) is 4.32. The molecule has 0 atom stereocenters. The summed E-state index contributed by atoms with van der Waals surface area (Å²) in [4.78, 5) is 4.29. The summed E-state index contributed by atoms with van der Waals surface area (Å²) in [6.07, 6.45) is 3.71. The molecule has 0 bridgehead atoms. The lowest BCUT2D eigenvalue weighted by molar-refractivity contribution is 1.32. The fourth-order valence-electron chi connectivity index (χ4n) is 1.98. The first-order chi connectivity index (χ1) is 9.42. The van der Waals surface area contributed by atoms with Gasteiger partial charge in [0.2, 0.25) is 0 Å². The zero-order valence-corrected chi connectivity index (χ0v) is 10.5. The van der Waals surface area contributed by atoms with Gasteiger partial charge in [0.1, 0.15) is 0 Å². The number of anilines is 2. The maximum absolute atomic E-state index is 4.29. The van der Waals surface area contributed by atoms with Gasteiger partial charge in [-0.1, -0.05) is 48.5 Å². The van der Waals surface area contributed by atoms with E-state index in [1.165, 1.54) is 5.56 Å². The van der Waals surface area contributed by atoms with E-state index >= 15 is 0 Å². The van der Waals surface area contributed by atoms with Crippen LogP contribution in [0.1, 0.15) is 0 Å².